The first-order valence-corrected chi connectivity index (χ1v) is 6.15. The summed E-state index contributed by atoms with van der Waals surface area (Å²) in [5, 5.41) is 13.7. The summed E-state index contributed by atoms with van der Waals surface area (Å²) >= 11 is 0. The van der Waals surface area contributed by atoms with Crippen molar-refractivity contribution < 1.29 is 5.11 Å². The summed E-state index contributed by atoms with van der Waals surface area (Å²) in [6.07, 6.45) is 2.95. The van der Waals surface area contributed by atoms with Gasteiger partial charge < -0.3 is 10.4 Å². The lowest BCUT2D eigenvalue weighted by molar-refractivity contribution is 0.154. The molecule has 2 heteroatoms. The maximum Gasteiger partial charge on any atom is 0.0807 e. The van der Waals surface area contributed by atoms with Gasteiger partial charge in [-0.05, 0) is 50.8 Å². The van der Waals surface area contributed by atoms with E-state index in [1.165, 1.54) is 24.0 Å². The molecule has 0 radical (unpaired) electrons. The molecule has 1 fully saturated rings. The quantitative estimate of drug-likeness (QED) is 0.818. The van der Waals surface area contributed by atoms with Crippen molar-refractivity contribution in [2.24, 2.45) is 0 Å². The summed E-state index contributed by atoms with van der Waals surface area (Å²) in [4.78, 5) is 0. The van der Waals surface area contributed by atoms with Crippen molar-refractivity contribution >= 4 is 0 Å². The van der Waals surface area contributed by atoms with Crippen LogP contribution in [0.2, 0.25) is 0 Å². The lowest BCUT2D eigenvalue weighted by Gasteiger charge is -2.18. The summed E-state index contributed by atoms with van der Waals surface area (Å²) in [7, 11) is 0. The molecule has 1 aliphatic heterocycles. The van der Waals surface area contributed by atoms with Gasteiger partial charge in [-0.25, -0.2) is 0 Å². The topological polar surface area (TPSA) is 32.3 Å². The van der Waals surface area contributed by atoms with Gasteiger partial charge in [-0.1, -0.05) is 23.8 Å². The molecule has 88 valence electrons. The van der Waals surface area contributed by atoms with E-state index >= 15 is 0 Å². The van der Waals surface area contributed by atoms with Crippen molar-refractivity contribution in [1.82, 2.24) is 5.32 Å². The molecule has 0 saturated carbocycles. The molecule has 2 N–H and O–H groups in total. The molecule has 16 heavy (non-hydrogen) atoms. The molecule has 2 unspecified atom stereocenters. The van der Waals surface area contributed by atoms with Crippen LogP contribution in [0.15, 0.2) is 18.2 Å². The van der Waals surface area contributed by atoms with E-state index in [-0.39, 0.29) is 6.10 Å². The Morgan fingerprint density at radius 1 is 1.44 bits per heavy atom. The van der Waals surface area contributed by atoms with E-state index in [0.717, 1.165) is 18.5 Å². The third kappa shape index (κ3) is 2.63. The summed E-state index contributed by atoms with van der Waals surface area (Å²) in [5.74, 6) is 0. The van der Waals surface area contributed by atoms with E-state index in [1.54, 1.807) is 0 Å². The van der Waals surface area contributed by atoms with Crippen molar-refractivity contribution in [3.8, 4) is 0 Å². The van der Waals surface area contributed by atoms with Crippen molar-refractivity contribution in [2.75, 3.05) is 6.54 Å². The zero-order chi connectivity index (χ0) is 11.5. The van der Waals surface area contributed by atoms with Crippen LogP contribution >= 0.6 is 0 Å². The van der Waals surface area contributed by atoms with Crippen LogP contribution in [0, 0.1) is 13.8 Å². The average Bonchev–Trinajstić information content (AvgIpc) is 2.74. The van der Waals surface area contributed by atoms with Crippen molar-refractivity contribution in [2.45, 2.75) is 45.3 Å². The van der Waals surface area contributed by atoms with Crippen molar-refractivity contribution in [3.63, 3.8) is 0 Å². The fourth-order valence-corrected chi connectivity index (χ4v) is 2.47. The second-order valence-electron chi connectivity index (χ2n) is 4.90. The van der Waals surface area contributed by atoms with Gasteiger partial charge in [0.2, 0.25) is 0 Å². The Hall–Kier alpha value is -0.860. The van der Waals surface area contributed by atoms with E-state index in [4.69, 9.17) is 0 Å². The fourth-order valence-electron chi connectivity index (χ4n) is 2.47. The Labute approximate surface area is 97.7 Å². The normalized spacial score (nSPS) is 22.3. The first-order valence-electron chi connectivity index (χ1n) is 6.15. The first kappa shape index (κ1) is 11.6. The third-order valence-electron chi connectivity index (χ3n) is 3.46. The second kappa shape index (κ2) is 4.98. The molecule has 2 rings (SSSR count). The minimum Gasteiger partial charge on any atom is -0.388 e. The van der Waals surface area contributed by atoms with E-state index in [1.807, 2.05) is 0 Å². The van der Waals surface area contributed by atoms with E-state index < -0.39 is 0 Å². The molecular weight excluding hydrogens is 198 g/mol. The van der Waals surface area contributed by atoms with Gasteiger partial charge in [0.25, 0.3) is 0 Å². The largest absolute Gasteiger partial charge is 0.388 e. The van der Waals surface area contributed by atoms with Crippen LogP contribution in [0.25, 0.3) is 0 Å². The Kier molecular flexibility index (Phi) is 3.62. The lowest BCUT2D eigenvalue weighted by atomic mass is 9.96. The first-order chi connectivity index (χ1) is 7.66. The average molecular weight is 219 g/mol. The highest BCUT2D eigenvalue weighted by Crippen LogP contribution is 2.25. The minimum absolute atomic E-state index is 0.324. The Balaban J connectivity index is 2.07. The van der Waals surface area contributed by atoms with Gasteiger partial charge in [0.05, 0.1) is 6.10 Å². The van der Waals surface area contributed by atoms with Gasteiger partial charge in [-0.15, -0.1) is 0 Å². The number of nitrogens with one attached hydrogen (secondary N) is 1. The van der Waals surface area contributed by atoms with Crippen LogP contribution in [0.4, 0.5) is 0 Å². The maximum absolute atomic E-state index is 10.2. The summed E-state index contributed by atoms with van der Waals surface area (Å²) in [6, 6.07) is 6.79. The predicted octanol–water partition coefficient (Wildman–Crippen LogP) is 2.48. The minimum atomic E-state index is -0.324. The molecule has 2 nitrogen and oxygen atoms in total. The number of aliphatic hydroxyl groups excluding tert-OH is 1. The highest BCUT2D eigenvalue weighted by Gasteiger charge is 2.20. The number of rotatable bonds is 3. The highest BCUT2D eigenvalue weighted by molar-refractivity contribution is 5.32. The van der Waals surface area contributed by atoms with Crippen LogP contribution in [0.3, 0.4) is 0 Å². The molecule has 1 saturated heterocycles. The standard InChI is InChI=1S/C14H21NO/c1-10-5-6-11(2)13(8-10)14(16)9-12-4-3-7-15-12/h5-6,8,12,14-16H,3-4,7,9H2,1-2H3. The lowest BCUT2D eigenvalue weighted by Crippen LogP contribution is -2.23. The molecule has 0 aliphatic carbocycles. The van der Waals surface area contributed by atoms with Crippen LogP contribution in [0.5, 0.6) is 0 Å². The summed E-state index contributed by atoms with van der Waals surface area (Å²) in [5.41, 5.74) is 3.50. The molecule has 0 amide bonds. The Bertz CT molecular complexity index is 356. The number of benzene rings is 1. The second-order valence-corrected chi connectivity index (χ2v) is 4.90. The Morgan fingerprint density at radius 2 is 2.25 bits per heavy atom. The van der Waals surface area contributed by atoms with Crippen LogP contribution in [-0.2, 0) is 0 Å². The number of aryl methyl sites for hydroxylation is 2. The van der Waals surface area contributed by atoms with Crippen LogP contribution < -0.4 is 5.32 Å². The van der Waals surface area contributed by atoms with Gasteiger partial charge in [-0.3, -0.25) is 0 Å². The van der Waals surface area contributed by atoms with Crippen molar-refractivity contribution in [3.05, 3.63) is 34.9 Å². The fraction of sp³-hybridized carbons (Fsp3) is 0.571. The van der Waals surface area contributed by atoms with Gasteiger partial charge >= 0.3 is 0 Å². The molecule has 1 aromatic carbocycles. The zero-order valence-corrected chi connectivity index (χ0v) is 10.2. The smallest absolute Gasteiger partial charge is 0.0807 e. The van der Waals surface area contributed by atoms with E-state index in [9.17, 15) is 5.11 Å². The summed E-state index contributed by atoms with van der Waals surface area (Å²) < 4.78 is 0. The van der Waals surface area contributed by atoms with Gasteiger partial charge in [0, 0.05) is 6.04 Å². The molecule has 0 aromatic heterocycles. The molecule has 1 heterocycles. The molecule has 0 spiro atoms. The molecule has 1 aliphatic rings. The molecular formula is C14H21NO. The number of aliphatic hydroxyl groups is 1. The van der Waals surface area contributed by atoms with Gasteiger partial charge in [-0.2, -0.15) is 0 Å². The predicted molar refractivity (Wildman–Crippen MR) is 66.5 cm³/mol. The highest BCUT2D eigenvalue weighted by atomic mass is 16.3. The van der Waals surface area contributed by atoms with E-state index in [2.05, 4.69) is 37.4 Å². The van der Waals surface area contributed by atoms with Crippen LogP contribution in [-0.4, -0.2) is 17.7 Å². The van der Waals surface area contributed by atoms with Crippen LogP contribution in [0.1, 0.15) is 42.1 Å². The number of hydrogen-bond acceptors (Lipinski definition) is 2. The third-order valence-corrected chi connectivity index (χ3v) is 3.46. The maximum atomic E-state index is 10.2. The molecule has 1 aromatic rings. The molecule has 0 bridgehead atoms. The zero-order valence-electron chi connectivity index (χ0n) is 10.2. The van der Waals surface area contributed by atoms with Gasteiger partial charge in [0.1, 0.15) is 0 Å². The SMILES string of the molecule is Cc1ccc(C)c(C(O)CC2CCCN2)c1. The molecule has 2 atom stereocenters. The summed E-state index contributed by atoms with van der Waals surface area (Å²) in [6.45, 7) is 5.24. The number of hydrogen-bond donors (Lipinski definition) is 2. The van der Waals surface area contributed by atoms with Gasteiger partial charge in [0.15, 0.2) is 0 Å². The monoisotopic (exact) mass is 219 g/mol. The van der Waals surface area contributed by atoms with E-state index in [0.29, 0.717) is 6.04 Å². The Morgan fingerprint density at radius 3 is 2.94 bits per heavy atom. The van der Waals surface area contributed by atoms with Crippen molar-refractivity contribution in [1.29, 1.82) is 0 Å².